The van der Waals surface area contributed by atoms with Gasteiger partial charge >= 0.3 is 5.97 Å². The van der Waals surface area contributed by atoms with E-state index in [9.17, 15) is 23.3 Å². The van der Waals surface area contributed by atoms with Crippen molar-refractivity contribution in [2.75, 3.05) is 26.7 Å². The number of carboxylic acid groups (broad SMARTS) is 1. The zero-order valence-electron chi connectivity index (χ0n) is 15.0. The molecule has 1 heterocycles. The van der Waals surface area contributed by atoms with Crippen LogP contribution < -0.4 is 0 Å². The molecule has 0 amide bonds. The molecule has 1 aromatic carbocycles. The molecule has 0 radical (unpaired) electrons. The lowest BCUT2D eigenvalue weighted by Crippen LogP contribution is -2.46. The molecule has 26 heavy (non-hydrogen) atoms. The molecule has 1 aliphatic rings. The van der Waals surface area contributed by atoms with E-state index < -0.39 is 26.6 Å². The first-order valence-electron chi connectivity index (χ1n) is 8.22. The van der Waals surface area contributed by atoms with Crippen molar-refractivity contribution in [2.45, 2.75) is 37.6 Å². The van der Waals surface area contributed by atoms with E-state index in [0.717, 1.165) is 0 Å². The smallest absolute Gasteiger partial charge is 0.317 e. The van der Waals surface area contributed by atoms with Gasteiger partial charge in [0.2, 0.25) is 10.0 Å². The van der Waals surface area contributed by atoms with Crippen LogP contribution in [0.25, 0.3) is 0 Å². The normalized spacial score (nSPS) is 16.8. The fourth-order valence-corrected chi connectivity index (χ4v) is 4.82. The van der Waals surface area contributed by atoms with E-state index in [4.69, 9.17) is 5.11 Å². The molecular weight excluding hydrogens is 362 g/mol. The zero-order chi connectivity index (χ0) is 19.6. The average Bonchev–Trinajstić information content (AvgIpc) is 2.56. The number of aryl methyl sites for hydroxylation is 2. The Bertz CT molecular complexity index is 816. The van der Waals surface area contributed by atoms with Gasteiger partial charge in [-0.3, -0.25) is 19.8 Å². The topological polar surface area (TPSA) is 121 Å². The van der Waals surface area contributed by atoms with Crippen molar-refractivity contribution in [1.82, 2.24) is 9.21 Å². The first kappa shape index (κ1) is 20.3. The largest absolute Gasteiger partial charge is 0.480 e. The second kappa shape index (κ2) is 7.68. The van der Waals surface area contributed by atoms with E-state index in [1.807, 2.05) is 0 Å². The standard InChI is InChI=1S/C16H23N3O6S/c1-11-8-14(19(22)23)15(9-12(11)2)26(24,25)18-6-4-13(5-7-18)17(3)10-16(20)21/h8-9,13H,4-7,10H2,1-3H3,(H,20,21). The Balaban J connectivity index is 2.24. The quantitative estimate of drug-likeness (QED) is 0.580. The summed E-state index contributed by atoms with van der Waals surface area (Å²) in [7, 11) is -2.30. The molecule has 1 saturated heterocycles. The van der Waals surface area contributed by atoms with Gasteiger partial charge in [0.05, 0.1) is 11.5 Å². The highest BCUT2D eigenvalue weighted by Crippen LogP contribution is 2.31. The van der Waals surface area contributed by atoms with Crippen LogP contribution in [-0.4, -0.2) is 66.3 Å². The third-order valence-corrected chi connectivity index (χ3v) is 6.75. The van der Waals surface area contributed by atoms with E-state index >= 15 is 0 Å². The number of hydrogen-bond donors (Lipinski definition) is 1. The summed E-state index contributed by atoms with van der Waals surface area (Å²) in [5.41, 5.74) is 0.910. The summed E-state index contributed by atoms with van der Waals surface area (Å²) in [5.74, 6) is -0.937. The highest BCUT2D eigenvalue weighted by Gasteiger charge is 2.35. The maximum absolute atomic E-state index is 12.9. The van der Waals surface area contributed by atoms with Crippen molar-refractivity contribution in [3.05, 3.63) is 33.4 Å². The molecule has 0 atom stereocenters. The number of nitrogens with zero attached hydrogens (tertiary/aromatic N) is 3. The number of nitro groups is 1. The number of sulfonamides is 1. The molecule has 1 aliphatic heterocycles. The van der Waals surface area contributed by atoms with Gasteiger partial charge in [0, 0.05) is 25.2 Å². The van der Waals surface area contributed by atoms with Gasteiger partial charge in [0.15, 0.2) is 4.90 Å². The first-order valence-corrected chi connectivity index (χ1v) is 9.66. The molecule has 10 heteroatoms. The number of nitro benzene ring substituents is 1. The Morgan fingerprint density at radius 2 is 1.85 bits per heavy atom. The van der Waals surface area contributed by atoms with Gasteiger partial charge in [-0.2, -0.15) is 4.31 Å². The van der Waals surface area contributed by atoms with Crippen molar-refractivity contribution < 1.29 is 23.2 Å². The summed E-state index contributed by atoms with van der Waals surface area (Å²) in [5, 5.41) is 20.2. The summed E-state index contributed by atoms with van der Waals surface area (Å²) in [6.45, 7) is 3.69. The molecule has 144 valence electrons. The van der Waals surface area contributed by atoms with Crippen LogP contribution >= 0.6 is 0 Å². The van der Waals surface area contributed by atoms with Crippen LogP contribution in [0.3, 0.4) is 0 Å². The molecule has 0 aliphatic carbocycles. The number of piperidine rings is 1. The number of likely N-dealkylation sites (N-methyl/N-ethyl adjacent to an activating group) is 1. The third-order valence-electron chi connectivity index (χ3n) is 4.82. The van der Waals surface area contributed by atoms with E-state index in [-0.39, 0.29) is 30.6 Å². The minimum Gasteiger partial charge on any atom is -0.480 e. The molecule has 2 rings (SSSR count). The fourth-order valence-electron chi connectivity index (χ4n) is 3.13. The summed E-state index contributed by atoms with van der Waals surface area (Å²) in [6.07, 6.45) is 0.948. The van der Waals surface area contributed by atoms with Gasteiger partial charge in [-0.15, -0.1) is 0 Å². The molecule has 9 nitrogen and oxygen atoms in total. The highest BCUT2D eigenvalue weighted by atomic mass is 32.2. The van der Waals surface area contributed by atoms with Crippen LogP contribution in [0.5, 0.6) is 0 Å². The minimum absolute atomic E-state index is 0.0349. The summed E-state index contributed by atoms with van der Waals surface area (Å²) in [4.78, 5) is 22.9. The minimum atomic E-state index is -3.99. The third kappa shape index (κ3) is 4.19. The van der Waals surface area contributed by atoms with Crippen LogP contribution in [0.2, 0.25) is 0 Å². The number of benzene rings is 1. The second-order valence-electron chi connectivity index (χ2n) is 6.61. The van der Waals surface area contributed by atoms with Gasteiger partial charge in [-0.1, -0.05) is 0 Å². The molecule has 0 unspecified atom stereocenters. The molecule has 0 saturated carbocycles. The predicted molar refractivity (Wildman–Crippen MR) is 94.6 cm³/mol. The lowest BCUT2D eigenvalue weighted by molar-refractivity contribution is -0.387. The SMILES string of the molecule is Cc1cc([N+](=O)[O-])c(S(=O)(=O)N2CCC(N(C)CC(=O)O)CC2)cc1C. The van der Waals surface area contributed by atoms with Crippen LogP contribution in [-0.2, 0) is 14.8 Å². The molecular formula is C16H23N3O6S. The maximum atomic E-state index is 12.9. The van der Waals surface area contributed by atoms with E-state index in [1.54, 1.807) is 25.8 Å². The van der Waals surface area contributed by atoms with E-state index in [0.29, 0.717) is 24.0 Å². The first-order chi connectivity index (χ1) is 12.0. The average molecular weight is 385 g/mol. The number of rotatable bonds is 6. The van der Waals surface area contributed by atoms with Gasteiger partial charge in [-0.25, -0.2) is 8.42 Å². The number of hydrogen-bond acceptors (Lipinski definition) is 6. The van der Waals surface area contributed by atoms with Crippen molar-refractivity contribution in [3.8, 4) is 0 Å². The summed E-state index contributed by atoms with van der Waals surface area (Å²) in [6, 6.07) is 2.61. The zero-order valence-corrected chi connectivity index (χ0v) is 15.8. The predicted octanol–water partition coefficient (Wildman–Crippen LogP) is 1.38. The van der Waals surface area contributed by atoms with Crippen molar-refractivity contribution in [3.63, 3.8) is 0 Å². The monoisotopic (exact) mass is 385 g/mol. The lowest BCUT2D eigenvalue weighted by Gasteiger charge is -2.35. The van der Waals surface area contributed by atoms with Crippen LogP contribution in [0.15, 0.2) is 17.0 Å². The maximum Gasteiger partial charge on any atom is 0.317 e. The van der Waals surface area contributed by atoms with Crippen molar-refractivity contribution in [1.29, 1.82) is 0 Å². The fraction of sp³-hybridized carbons (Fsp3) is 0.562. The lowest BCUT2D eigenvalue weighted by atomic mass is 10.1. The van der Waals surface area contributed by atoms with Crippen molar-refractivity contribution >= 4 is 21.7 Å². The van der Waals surface area contributed by atoms with Gasteiger partial charge in [-0.05, 0) is 50.9 Å². The highest BCUT2D eigenvalue weighted by molar-refractivity contribution is 7.89. The number of carbonyl (C=O) groups is 1. The van der Waals surface area contributed by atoms with E-state index in [2.05, 4.69) is 0 Å². The Labute approximate surface area is 152 Å². The molecule has 0 aromatic heterocycles. The number of carboxylic acids is 1. The summed E-state index contributed by atoms with van der Waals surface area (Å²) < 4.78 is 27.1. The van der Waals surface area contributed by atoms with Crippen LogP contribution in [0.1, 0.15) is 24.0 Å². The Kier molecular flexibility index (Phi) is 5.99. The molecule has 1 aromatic rings. The Hall–Kier alpha value is -2.04. The Morgan fingerprint density at radius 3 is 2.35 bits per heavy atom. The molecule has 1 N–H and O–H groups in total. The molecule has 1 fully saturated rings. The summed E-state index contributed by atoms with van der Waals surface area (Å²) >= 11 is 0. The van der Waals surface area contributed by atoms with E-state index in [1.165, 1.54) is 16.4 Å². The Morgan fingerprint density at radius 1 is 1.31 bits per heavy atom. The second-order valence-corrected chi connectivity index (χ2v) is 8.51. The van der Waals surface area contributed by atoms with Crippen molar-refractivity contribution in [2.24, 2.45) is 0 Å². The van der Waals surface area contributed by atoms with Gasteiger partial charge in [0.25, 0.3) is 5.69 Å². The van der Waals surface area contributed by atoms with Crippen LogP contribution in [0.4, 0.5) is 5.69 Å². The molecule has 0 spiro atoms. The number of aliphatic carboxylic acids is 1. The van der Waals surface area contributed by atoms with Gasteiger partial charge < -0.3 is 5.11 Å². The van der Waals surface area contributed by atoms with Crippen LogP contribution in [0, 0.1) is 24.0 Å². The molecule has 0 bridgehead atoms. The van der Waals surface area contributed by atoms with Gasteiger partial charge in [0.1, 0.15) is 0 Å².